The number of para-hydroxylation sites is 1. The third kappa shape index (κ3) is 3.55. The molecule has 6 nitrogen and oxygen atoms in total. The van der Waals surface area contributed by atoms with Gasteiger partial charge in [0.25, 0.3) is 5.69 Å². The van der Waals surface area contributed by atoms with Crippen molar-refractivity contribution in [1.82, 2.24) is 4.98 Å². The van der Waals surface area contributed by atoms with E-state index in [1.807, 2.05) is 24.3 Å². The molecule has 1 aromatic heterocycles. The highest BCUT2D eigenvalue weighted by atomic mass is 32.2. The van der Waals surface area contributed by atoms with Crippen LogP contribution < -0.4 is 4.90 Å². The van der Waals surface area contributed by atoms with Gasteiger partial charge < -0.3 is 0 Å². The number of thiazole rings is 1. The van der Waals surface area contributed by atoms with E-state index in [1.165, 1.54) is 35.2 Å². The summed E-state index contributed by atoms with van der Waals surface area (Å²) >= 11 is 2.81. The number of hydrogen-bond acceptors (Lipinski definition) is 6. The van der Waals surface area contributed by atoms with Gasteiger partial charge in [-0.2, -0.15) is 0 Å². The molecule has 2 aromatic carbocycles. The zero-order valence-corrected chi connectivity index (χ0v) is 14.3. The Bertz CT molecular complexity index is 860. The van der Waals surface area contributed by atoms with E-state index in [2.05, 4.69) is 4.98 Å². The predicted octanol–water partition coefficient (Wildman–Crippen LogP) is 3.96. The van der Waals surface area contributed by atoms with Gasteiger partial charge in [0.05, 0.1) is 20.9 Å². The smallest absolute Gasteiger partial charge is 0.269 e. The molecule has 3 aromatic rings. The fourth-order valence-corrected chi connectivity index (χ4v) is 3.77. The van der Waals surface area contributed by atoms with Crippen LogP contribution in [0.25, 0.3) is 10.2 Å². The van der Waals surface area contributed by atoms with E-state index >= 15 is 0 Å². The van der Waals surface area contributed by atoms with Crippen molar-refractivity contribution in [2.75, 3.05) is 17.7 Å². The normalized spacial score (nSPS) is 10.7. The van der Waals surface area contributed by atoms with Crippen LogP contribution in [0, 0.1) is 10.1 Å². The van der Waals surface area contributed by atoms with Gasteiger partial charge in [-0.25, -0.2) is 4.98 Å². The lowest BCUT2D eigenvalue weighted by Gasteiger charge is -2.13. The van der Waals surface area contributed by atoms with Crippen molar-refractivity contribution >= 4 is 50.0 Å². The molecular weight excluding hydrogens is 346 g/mol. The maximum Gasteiger partial charge on any atom is 0.269 e. The third-order valence-corrected chi connectivity index (χ3v) is 5.46. The number of carbonyl (C=O) groups is 1. The lowest BCUT2D eigenvalue weighted by atomic mass is 10.3. The molecule has 122 valence electrons. The lowest BCUT2D eigenvalue weighted by Crippen LogP contribution is -2.27. The molecule has 0 radical (unpaired) electrons. The van der Waals surface area contributed by atoms with Crippen LogP contribution in [0.15, 0.2) is 53.4 Å². The molecular formula is C16H13N3O3S2. The average molecular weight is 359 g/mol. The second kappa shape index (κ2) is 6.98. The second-order valence-corrected chi connectivity index (χ2v) is 7.01. The Balaban J connectivity index is 1.64. The Morgan fingerprint density at radius 1 is 1.25 bits per heavy atom. The Hall–Kier alpha value is -2.45. The van der Waals surface area contributed by atoms with Gasteiger partial charge in [0, 0.05) is 24.1 Å². The van der Waals surface area contributed by atoms with Gasteiger partial charge in [-0.1, -0.05) is 23.5 Å². The summed E-state index contributed by atoms with van der Waals surface area (Å²) in [4.78, 5) is 29.3. The first-order valence-corrected chi connectivity index (χ1v) is 8.84. The summed E-state index contributed by atoms with van der Waals surface area (Å²) < 4.78 is 1.04. The minimum absolute atomic E-state index is 0.0391. The molecule has 0 atom stereocenters. The molecule has 8 heteroatoms. The fourth-order valence-electron chi connectivity index (χ4n) is 2.02. The highest BCUT2D eigenvalue weighted by molar-refractivity contribution is 8.00. The molecule has 0 saturated heterocycles. The fraction of sp³-hybridized carbons (Fsp3) is 0.125. The highest BCUT2D eigenvalue weighted by Gasteiger charge is 2.15. The standard InChI is InChI=1S/C16H13N3O3S2/c1-18(16-17-13-4-2-3-5-14(13)24-16)15(20)10-23-12-8-6-11(7-9-12)19(21)22/h2-9H,10H2,1H3. The third-order valence-electron chi connectivity index (χ3n) is 3.35. The number of nitro benzene ring substituents is 1. The number of benzene rings is 2. The molecule has 0 fully saturated rings. The quantitative estimate of drug-likeness (QED) is 0.391. The maximum absolute atomic E-state index is 12.3. The number of fused-ring (bicyclic) bond motifs is 1. The van der Waals surface area contributed by atoms with Crippen LogP contribution >= 0.6 is 23.1 Å². The molecule has 0 aliphatic heterocycles. The molecule has 3 rings (SSSR count). The molecule has 0 aliphatic rings. The van der Waals surface area contributed by atoms with Crippen LogP contribution in [0.5, 0.6) is 0 Å². The maximum atomic E-state index is 12.3. The molecule has 0 saturated carbocycles. The Morgan fingerprint density at radius 3 is 2.62 bits per heavy atom. The van der Waals surface area contributed by atoms with E-state index in [1.54, 1.807) is 24.1 Å². The number of carbonyl (C=O) groups excluding carboxylic acids is 1. The molecule has 0 unspecified atom stereocenters. The van der Waals surface area contributed by atoms with Gasteiger partial charge in [-0.3, -0.25) is 19.8 Å². The molecule has 0 N–H and O–H groups in total. The largest absolute Gasteiger partial charge is 0.291 e. The van der Waals surface area contributed by atoms with E-state index in [4.69, 9.17) is 0 Å². The number of aromatic nitrogens is 1. The summed E-state index contributed by atoms with van der Waals surface area (Å²) in [6.45, 7) is 0. The number of non-ortho nitro benzene ring substituents is 1. The predicted molar refractivity (Wildman–Crippen MR) is 96.9 cm³/mol. The summed E-state index contributed by atoms with van der Waals surface area (Å²) in [6.07, 6.45) is 0. The minimum atomic E-state index is -0.444. The summed E-state index contributed by atoms with van der Waals surface area (Å²) in [6, 6.07) is 13.9. The van der Waals surface area contributed by atoms with Crippen molar-refractivity contribution in [3.8, 4) is 0 Å². The molecule has 0 spiro atoms. The van der Waals surface area contributed by atoms with Crippen molar-refractivity contribution in [3.63, 3.8) is 0 Å². The highest BCUT2D eigenvalue weighted by Crippen LogP contribution is 2.29. The first-order chi connectivity index (χ1) is 11.5. The van der Waals surface area contributed by atoms with Crippen molar-refractivity contribution in [2.24, 2.45) is 0 Å². The van der Waals surface area contributed by atoms with Gasteiger partial charge >= 0.3 is 0 Å². The monoisotopic (exact) mass is 359 g/mol. The van der Waals surface area contributed by atoms with Crippen LogP contribution in [-0.4, -0.2) is 28.6 Å². The summed E-state index contributed by atoms with van der Waals surface area (Å²) in [5.74, 6) is 0.168. The molecule has 0 aliphatic carbocycles. The topological polar surface area (TPSA) is 76.3 Å². The lowest BCUT2D eigenvalue weighted by molar-refractivity contribution is -0.384. The van der Waals surface area contributed by atoms with E-state index in [9.17, 15) is 14.9 Å². The Kier molecular flexibility index (Phi) is 4.77. The summed E-state index contributed by atoms with van der Waals surface area (Å²) in [5, 5.41) is 11.3. The molecule has 1 heterocycles. The first-order valence-electron chi connectivity index (χ1n) is 7.04. The van der Waals surface area contributed by atoms with E-state index in [0.717, 1.165) is 15.1 Å². The number of rotatable bonds is 5. The number of hydrogen-bond donors (Lipinski definition) is 0. The van der Waals surface area contributed by atoms with Crippen LogP contribution in [0.3, 0.4) is 0 Å². The van der Waals surface area contributed by atoms with Crippen LogP contribution in [0.1, 0.15) is 0 Å². The average Bonchev–Trinajstić information content (AvgIpc) is 3.03. The number of nitro groups is 1. The van der Waals surface area contributed by atoms with E-state index < -0.39 is 4.92 Å². The van der Waals surface area contributed by atoms with Gasteiger partial charge in [0.2, 0.25) is 5.91 Å². The molecule has 0 bridgehead atoms. The van der Waals surface area contributed by atoms with Crippen LogP contribution in [0.4, 0.5) is 10.8 Å². The SMILES string of the molecule is CN(C(=O)CSc1ccc([N+](=O)[O-])cc1)c1nc2ccccc2s1. The second-order valence-electron chi connectivity index (χ2n) is 4.96. The van der Waals surface area contributed by atoms with Gasteiger partial charge in [0.15, 0.2) is 5.13 Å². The first kappa shape index (κ1) is 16.4. The van der Waals surface area contributed by atoms with Crippen molar-refractivity contribution < 1.29 is 9.72 Å². The Morgan fingerprint density at radius 2 is 1.96 bits per heavy atom. The van der Waals surface area contributed by atoms with Crippen LogP contribution in [-0.2, 0) is 4.79 Å². The molecule has 24 heavy (non-hydrogen) atoms. The molecule has 1 amide bonds. The van der Waals surface area contributed by atoms with Gasteiger partial charge in [0.1, 0.15) is 0 Å². The van der Waals surface area contributed by atoms with Gasteiger partial charge in [-0.15, -0.1) is 11.8 Å². The van der Waals surface area contributed by atoms with Crippen LogP contribution in [0.2, 0.25) is 0 Å². The van der Waals surface area contributed by atoms with Crippen molar-refractivity contribution in [3.05, 3.63) is 58.6 Å². The zero-order chi connectivity index (χ0) is 17.1. The summed E-state index contributed by atoms with van der Waals surface area (Å²) in [7, 11) is 1.70. The van der Waals surface area contributed by atoms with Crippen molar-refractivity contribution in [1.29, 1.82) is 0 Å². The number of anilines is 1. The van der Waals surface area contributed by atoms with Gasteiger partial charge in [-0.05, 0) is 24.3 Å². The zero-order valence-electron chi connectivity index (χ0n) is 12.7. The van der Waals surface area contributed by atoms with Crippen molar-refractivity contribution in [2.45, 2.75) is 4.90 Å². The summed E-state index contributed by atoms with van der Waals surface area (Å²) in [5.41, 5.74) is 0.914. The number of amides is 1. The number of thioether (sulfide) groups is 1. The Labute approximate surface area is 146 Å². The van der Waals surface area contributed by atoms with E-state index in [-0.39, 0.29) is 17.3 Å². The van der Waals surface area contributed by atoms with E-state index in [0.29, 0.717) is 5.13 Å². The number of nitrogens with zero attached hydrogens (tertiary/aromatic N) is 3. The minimum Gasteiger partial charge on any atom is -0.291 e.